The van der Waals surface area contributed by atoms with Crippen LogP contribution in [0.2, 0.25) is 0 Å². The molecule has 0 bridgehead atoms. The molecule has 2 unspecified atom stereocenters. The number of imide groups is 1. The van der Waals surface area contributed by atoms with Crippen LogP contribution in [0.4, 0.5) is 19.3 Å². The number of nitriles is 2. The smallest absolute Gasteiger partial charge is 0.315 e. The average molecular weight is 451 g/mol. The lowest BCUT2D eigenvalue weighted by Gasteiger charge is -2.40. The number of benzene rings is 1. The Hall–Kier alpha value is -3.76. The Morgan fingerprint density at radius 2 is 1.97 bits per heavy atom. The first kappa shape index (κ1) is 21.5. The van der Waals surface area contributed by atoms with Gasteiger partial charge in [0.2, 0.25) is 0 Å². The first-order valence-electron chi connectivity index (χ1n) is 9.59. The van der Waals surface area contributed by atoms with E-state index in [-0.39, 0.29) is 18.7 Å². The molecule has 32 heavy (non-hydrogen) atoms. The number of anilines is 1. The lowest BCUT2D eigenvalue weighted by atomic mass is 10.0. The lowest BCUT2D eigenvalue weighted by Crippen LogP contribution is -2.62. The molecule has 2 aromatic rings. The van der Waals surface area contributed by atoms with Crippen molar-refractivity contribution < 1.29 is 18.4 Å². The largest absolute Gasteiger partial charge is 0.332 e. The highest BCUT2D eigenvalue weighted by Gasteiger charge is 2.49. The predicted octanol–water partition coefficient (Wildman–Crippen LogP) is 4.10. The number of hydrogen-bond acceptors (Lipinski definition) is 6. The molecule has 1 aromatic carbocycles. The zero-order valence-corrected chi connectivity index (χ0v) is 17.3. The number of aromatic nitrogens is 1. The molecule has 2 aliphatic rings. The Morgan fingerprint density at radius 1 is 1.19 bits per heavy atom. The molecule has 2 atom stereocenters. The number of urea groups is 1. The quantitative estimate of drug-likeness (QED) is 0.678. The molecule has 1 saturated heterocycles. The Balaban J connectivity index is 1.75. The lowest BCUT2D eigenvalue weighted by molar-refractivity contribution is -0.119. The van der Waals surface area contributed by atoms with Crippen LogP contribution in [0.3, 0.4) is 0 Å². The van der Waals surface area contributed by atoms with Gasteiger partial charge >= 0.3 is 6.03 Å². The highest BCUT2D eigenvalue weighted by molar-refractivity contribution is 8.09. The zero-order chi connectivity index (χ0) is 22.8. The highest BCUT2D eigenvalue weighted by Crippen LogP contribution is 2.45. The summed E-state index contributed by atoms with van der Waals surface area (Å²) in [7, 11) is 0. The van der Waals surface area contributed by atoms with E-state index < -0.39 is 35.2 Å². The van der Waals surface area contributed by atoms with Crippen LogP contribution in [0, 0.1) is 22.7 Å². The number of alkyl halides is 2. The van der Waals surface area contributed by atoms with E-state index in [2.05, 4.69) is 11.1 Å². The number of halogens is 2. The summed E-state index contributed by atoms with van der Waals surface area (Å²) in [5.41, 5.74) is 0.611. The van der Waals surface area contributed by atoms with Crippen LogP contribution in [0.15, 0.2) is 48.8 Å². The van der Waals surface area contributed by atoms with Crippen LogP contribution in [0.25, 0.3) is 4.91 Å². The van der Waals surface area contributed by atoms with Crippen molar-refractivity contribution in [2.45, 2.75) is 24.1 Å². The minimum atomic E-state index is -2.81. The van der Waals surface area contributed by atoms with E-state index in [1.54, 1.807) is 30.3 Å². The Kier molecular flexibility index (Phi) is 5.89. The van der Waals surface area contributed by atoms with Crippen molar-refractivity contribution in [3.05, 3.63) is 65.5 Å². The van der Waals surface area contributed by atoms with Crippen molar-refractivity contribution >= 4 is 34.3 Å². The van der Waals surface area contributed by atoms with Gasteiger partial charge in [-0.15, -0.1) is 11.8 Å². The molecule has 0 aliphatic carbocycles. The van der Waals surface area contributed by atoms with Gasteiger partial charge < -0.3 is 4.90 Å². The van der Waals surface area contributed by atoms with Gasteiger partial charge in [-0.2, -0.15) is 10.5 Å². The van der Waals surface area contributed by atoms with Gasteiger partial charge in [0.25, 0.3) is 12.3 Å². The molecular weight excluding hydrogens is 436 g/mol. The molecule has 7 nitrogen and oxygen atoms in total. The standard InChI is InChI=1S/C22H15F2N5O2S/c23-20(24)14-8-15(12-27-11-14)29-21(30)19-17(28(22(29)31)7-3-6-25)9-18(32-19)16-5-2-1-4-13(16)10-26/h1-2,4-5,8-9,11-12,17,19-20H,3,7H2. The summed E-state index contributed by atoms with van der Waals surface area (Å²) < 4.78 is 26.3. The van der Waals surface area contributed by atoms with Crippen LogP contribution in [-0.4, -0.2) is 39.7 Å². The Morgan fingerprint density at radius 3 is 2.69 bits per heavy atom. The second-order valence-electron chi connectivity index (χ2n) is 7.05. The van der Waals surface area contributed by atoms with Gasteiger partial charge in [-0.3, -0.25) is 9.78 Å². The second-order valence-corrected chi connectivity index (χ2v) is 8.24. The molecule has 10 heteroatoms. The van der Waals surface area contributed by atoms with Crippen molar-refractivity contribution in [2.75, 3.05) is 11.4 Å². The number of hydrogen-bond donors (Lipinski definition) is 0. The number of rotatable bonds is 5. The molecule has 160 valence electrons. The maximum atomic E-state index is 13.3. The van der Waals surface area contributed by atoms with Gasteiger partial charge in [0.15, 0.2) is 0 Å². The van der Waals surface area contributed by atoms with Crippen LogP contribution < -0.4 is 4.90 Å². The summed E-state index contributed by atoms with van der Waals surface area (Å²) >= 11 is 1.21. The topological polar surface area (TPSA) is 101 Å². The number of amides is 3. The van der Waals surface area contributed by atoms with Gasteiger partial charge in [0.05, 0.1) is 42.0 Å². The zero-order valence-electron chi connectivity index (χ0n) is 16.5. The SMILES string of the molecule is N#CCCN1C(=O)N(c2cncc(C(F)F)c2)C(=O)C2SC(c3ccccc3C#N)=CC21. The molecule has 1 aromatic heterocycles. The van der Waals surface area contributed by atoms with Gasteiger partial charge in [-0.05, 0) is 18.2 Å². The summed E-state index contributed by atoms with van der Waals surface area (Å²) in [5, 5.41) is 17.7. The molecule has 0 spiro atoms. The van der Waals surface area contributed by atoms with E-state index in [4.69, 9.17) is 5.26 Å². The number of pyridine rings is 1. The van der Waals surface area contributed by atoms with Gasteiger partial charge in [-0.25, -0.2) is 18.5 Å². The van der Waals surface area contributed by atoms with E-state index in [0.29, 0.717) is 16.0 Å². The Bertz CT molecular complexity index is 1200. The van der Waals surface area contributed by atoms with Gasteiger partial charge in [0, 0.05) is 28.8 Å². The van der Waals surface area contributed by atoms with Crippen LogP contribution in [-0.2, 0) is 4.79 Å². The summed E-state index contributed by atoms with van der Waals surface area (Å²) in [5.74, 6) is -0.563. The number of carbonyl (C=O) groups is 2. The van der Waals surface area contributed by atoms with E-state index in [9.17, 15) is 23.6 Å². The molecule has 0 N–H and O–H groups in total. The number of nitrogens with zero attached hydrogens (tertiary/aromatic N) is 5. The third-order valence-corrected chi connectivity index (χ3v) is 6.52. The summed E-state index contributed by atoms with van der Waals surface area (Å²) in [4.78, 5) is 33.2. The van der Waals surface area contributed by atoms with Crippen LogP contribution in [0.5, 0.6) is 0 Å². The number of thioether (sulfide) groups is 1. The van der Waals surface area contributed by atoms with Crippen LogP contribution >= 0.6 is 11.8 Å². The van der Waals surface area contributed by atoms with Gasteiger partial charge in [-0.1, -0.05) is 18.2 Å². The van der Waals surface area contributed by atoms with E-state index in [1.807, 2.05) is 6.07 Å². The van der Waals surface area contributed by atoms with E-state index in [0.717, 1.165) is 17.2 Å². The molecular formula is C22H15F2N5O2S. The van der Waals surface area contributed by atoms with E-state index >= 15 is 0 Å². The number of carbonyl (C=O) groups excluding carboxylic acids is 2. The second kappa shape index (κ2) is 8.77. The van der Waals surface area contributed by atoms with Crippen molar-refractivity contribution in [1.29, 1.82) is 10.5 Å². The van der Waals surface area contributed by atoms with Crippen molar-refractivity contribution in [1.82, 2.24) is 9.88 Å². The first-order chi connectivity index (χ1) is 15.5. The van der Waals surface area contributed by atoms with Gasteiger partial charge in [0.1, 0.15) is 5.25 Å². The monoisotopic (exact) mass is 451 g/mol. The molecule has 4 rings (SSSR count). The number of fused-ring (bicyclic) bond motifs is 1. The molecule has 0 saturated carbocycles. The fraction of sp³-hybridized carbons (Fsp3) is 0.227. The average Bonchev–Trinajstić information content (AvgIpc) is 3.25. The van der Waals surface area contributed by atoms with Crippen molar-refractivity contribution in [3.8, 4) is 12.1 Å². The molecule has 2 aliphatic heterocycles. The fourth-order valence-electron chi connectivity index (χ4n) is 3.70. The van der Waals surface area contributed by atoms with Crippen LogP contribution in [0.1, 0.15) is 29.5 Å². The van der Waals surface area contributed by atoms with E-state index in [1.165, 1.54) is 22.9 Å². The maximum absolute atomic E-state index is 13.3. The molecule has 1 fully saturated rings. The Labute approximate surface area is 186 Å². The van der Waals surface area contributed by atoms with Crippen molar-refractivity contribution in [2.24, 2.45) is 0 Å². The summed E-state index contributed by atoms with van der Waals surface area (Å²) in [6.45, 7) is 0.0620. The normalized spacial score (nSPS) is 20.1. The fourth-order valence-corrected chi connectivity index (χ4v) is 5.07. The predicted molar refractivity (Wildman–Crippen MR) is 113 cm³/mol. The summed E-state index contributed by atoms with van der Waals surface area (Å²) in [6, 6.07) is 10.8. The summed E-state index contributed by atoms with van der Waals surface area (Å²) in [6.07, 6.45) is 1.14. The first-order valence-corrected chi connectivity index (χ1v) is 10.5. The third kappa shape index (κ3) is 3.70. The van der Waals surface area contributed by atoms with Crippen molar-refractivity contribution in [3.63, 3.8) is 0 Å². The highest BCUT2D eigenvalue weighted by atomic mass is 32.2. The minimum absolute atomic E-state index is 0.0366. The molecule has 3 heterocycles. The molecule has 0 radical (unpaired) electrons. The third-order valence-electron chi connectivity index (χ3n) is 5.18. The molecule has 3 amide bonds. The minimum Gasteiger partial charge on any atom is -0.315 e. The maximum Gasteiger partial charge on any atom is 0.332 e.